The van der Waals surface area contributed by atoms with Gasteiger partial charge in [-0.2, -0.15) is 0 Å². The quantitative estimate of drug-likeness (QED) is 0.823. The topological polar surface area (TPSA) is 89.4 Å². The second-order valence-electron chi connectivity index (χ2n) is 4.57. The molecule has 2 aromatic rings. The standard InChI is InChI=1S/C15H17N3O2/c1-2-18(9-14(17)19)15(20)12-7-10-5-3-4-6-11(10)8-13(12)16/h3-8H,2,9,16H2,1H3,(H2,17,19). The van der Waals surface area contributed by atoms with Gasteiger partial charge in [0, 0.05) is 12.2 Å². The molecule has 0 radical (unpaired) electrons. The van der Waals surface area contributed by atoms with Crippen molar-refractivity contribution in [3.05, 3.63) is 42.0 Å². The van der Waals surface area contributed by atoms with Crippen molar-refractivity contribution in [2.45, 2.75) is 6.92 Å². The number of anilines is 1. The van der Waals surface area contributed by atoms with Crippen molar-refractivity contribution < 1.29 is 9.59 Å². The maximum atomic E-state index is 12.4. The van der Waals surface area contributed by atoms with Crippen molar-refractivity contribution in [1.29, 1.82) is 0 Å². The van der Waals surface area contributed by atoms with Gasteiger partial charge in [0.25, 0.3) is 5.91 Å². The lowest BCUT2D eigenvalue weighted by Gasteiger charge is -2.20. The molecule has 104 valence electrons. The summed E-state index contributed by atoms with van der Waals surface area (Å²) < 4.78 is 0. The molecule has 2 aromatic carbocycles. The Hall–Kier alpha value is -2.56. The highest BCUT2D eigenvalue weighted by Crippen LogP contribution is 2.23. The van der Waals surface area contributed by atoms with Gasteiger partial charge in [0.15, 0.2) is 0 Å². The highest BCUT2D eigenvalue weighted by Gasteiger charge is 2.18. The Morgan fingerprint density at radius 2 is 1.75 bits per heavy atom. The van der Waals surface area contributed by atoms with Crippen LogP contribution in [-0.2, 0) is 4.79 Å². The number of amides is 2. The van der Waals surface area contributed by atoms with E-state index in [1.165, 1.54) is 4.90 Å². The molecule has 0 unspecified atom stereocenters. The third kappa shape index (κ3) is 2.71. The van der Waals surface area contributed by atoms with E-state index in [-0.39, 0.29) is 12.5 Å². The number of fused-ring (bicyclic) bond motifs is 1. The lowest BCUT2D eigenvalue weighted by molar-refractivity contribution is -0.118. The third-order valence-electron chi connectivity index (χ3n) is 3.16. The minimum Gasteiger partial charge on any atom is -0.398 e. The van der Waals surface area contributed by atoms with Crippen LogP contribution in [0.1, 0.15) is 17.3 Å². The summed E-state index contributed by atoms with van der Waals surface area (Å²) in [5, 5.41) is 1.90. The Labute approximate surface area is 117 Å². The van der Waals surface area contributed by atoms with Crippen molar-refractivity contribution >= 4 is 28.3 Å². The van der Waals surface area contributed by atoms with Gasteiger partial charge in [0.1, 0.15) is 0 Å². The van der Waals surface area contributed by atoms with Crippen LogP contribution in [0.3, 0.4) is 0 Å². The Morgan fingerprint density at radius 1 is 1.15 bits per heavy atom. The average Bonchev–Trinajstić information content (AvgIpc) is 2.43. The molecule has 0 saturated heterocycles. The van der Waals surface area contributed by atoms with E-state index in [0.29, 0.717) is 17.8 Å². The van der Waals surface area contributed by atoms with Crippen molar-refractivity contribution in [2.24, 2.45) is 5.73 Å². The molecular formula is C15H17N3O2. The first kappa shape index (κ1) is 13.9. The summed E-state index contributed by atoms with van der Waals surface area (Å²) in [4.78, 5) is 24.8. The van der Waals surface area contributed by atoms with E-state index >= 15 is 0 Å². The summed E-state index contributed by atoms with van der Waals surface area (Å²) in [6, 6.07) is 11.2. The minimum absolute atomic E-state index is 0.110. The number of primary amides is 1. The van der Waals surface area contributed by atoms with Crippen molar-refractivity contribution in [3.63, 3.8) is 0 Å². The largest absolute Gasteiger partial charge is 0.398 e. The van der Waals surface area contributed by atoms with Gasteiger partial charge in [-0.05, 0) is 29.8 Å². The highest BCUT2D eigenvalue weighted by molar-refractivity contribution is 6.04. The van der Waals surface area contributed by atoms with E-state index in [1.807, 2.05) is 24.3 Å². The van der Waals surface area contributed by atoms with Crippen LogP contribution in [0.5, 0.6) is 0 Å². The van der Waals surface area contributed by atoms with Crippen LogP contribution in [0.25, 0.3) is 10.8 Å². The van der Waals surface area contributed by atoms with E-state index in [4.69, 9.17) is 11.5 Å². The van der Waals surface area contributed by atoms with Gasteiger partial charge in [-0.1, -0.05) is 24.3 Å². The Bertz CT molecular complexity index is 667. The number of nitrogens with two attached hydrogens (primary N) is 2. The molecule has 5 heteroatoms. The first-order valence-electron chi connectivity index (χ1n) is 6.38. The van der Waals surface area contributed by atoms with Crippen molar-refractivity contribution in [1.82, 2.24) is 4.90 Å². The Balaban J connectivity index is 2.43. The second-order valence-corrected chi connectivity index (χ2v) is 4.57. The zero-order valence-electron chi connectivity index (χ0n) is 11.3. The van der Waals surface area contributed by atoms with Crippen molar-refractivity contribution in [2.75, 3.05) is 18.8 Å². The summed E-state index contributed by atoms with van der Waals surface area (Å²) >= 11 is 0. The summed E-state index contributed by atoms with van der Waals surface area (Å²) in [5.41, 5.74) is 11.9. The molecule has 0 spiro atoms. The average molecular weight is 271 g/mol. The van der Waals surface area contributed by atoms with Gasteiger partial charge in [-0.25, -0.2) is 0 Å². The molecule has 0 heterocycles. The molecule has 2 amide bonds. The van der Waals surface area contributed by atoms with E-state index in [2.05, 4.69) is 0 Å². The number of benzene rings is 2. The van der Waals surface area contributed by atoms with Gasteiger partial charge < -0.3 is 16.4 Å². The van der Waals surface area contributed by atoms with Crippen LogP contribution in [0.2, 0.25) is 0 Å². The van der Waals surface area contributed by atoms with Crippen LogP contribution < -0.4 is 11.5 Å². The molecule has 0 fully saturated rings. The van der Waals surface area contributed by atoms with Gasteiger partial charge in [-0.15, -0.1) is 0 Å². The van der Waals surface area contributed by atoms with Gasteiger partial charge in [0.05, 0.1) is 12.1 Å². The summed E-state index contributed by atoms with van der Waals surface area (Å²) in [7, 11) is 0. The van der Waals surface area contributed by atoms with E-state index < -0.39 is 5.91 Å². The zero-order valence-corrected chi connectivity index (χ0v) is 11.3. The Morgan fingerprint density at radius 3 is 2.30 bits per heavy atom. The first-order valence-corrected chi connectivity index (χ1v) is 6.38. The number of nitrogens with zero attached hydrogens (tertiary/aromatic N) is 1. The minimum atomic E-state index is -0.542. The van der Waals surface area contributed by atoms with Crippen LogP contribution in [0.15, 0.2) is 36.4 Å². The summed E-state index contributed by atoms with van der Waals surface area (Å²) in [5.74, 6) is -0.825. The van der Waals surface area contributed by atoms with Crippen LogP contribution in [-0.4, -0.2) is 29.8 Å². The fourth-order valence-corrected chi connectivity index (χ4v) is 2.13. The lowest BCUT2D eigenvalue weighted by Crippen LogP contribution is -2.38. The molecule has 5 nitrogen and oxygen atoms in total. The van der Waals surface area contributed by atoms with Crippen molar-refractivity contribution in [3.8, 4) is 0 Å². The molecule has 0 aromatic heterocycles. The lowest BCUT2D eigenvalue weighted by atomic mass is 10.0. The molecule has 20 heavy (non-hydrogen) atoms. The molecule has 0 aliphatic heterocycles. The number of hydrogen-bond acceptors (Lipinski definition) is 3. The van der Waals surface area contributed by atoms with Crippen LogP contribution in [0.4, 0.5) is 5.69 Å². The van der Waals surface area contributed by atoms with Crippen LogP contribution in [0, 0.1) is 0 Å². The number of carbonyl (C=O) groups is 2. The molecule has 0 atom stereocenters. The molecule has 0 aliphatic rings. The number of hydrogen-bond donors (Lipinski definition) is 2. The normalized spacial score (nSPS) is 10.4. The molecule has 0 bridgehead atoms. The molecule has 0 saturated carbocycles. The number of nitrogen functional groups attached to an aromatic ring is 1. The van der Waals surface area contributed by atoms with E-state index in [0.717, 1.165) is 10.8 Å². The SMILES string of the molecule is CCN(CC(N)=O)C(=O)c1cc2ccccc2cc1N. The predicted octanol–water partition coefficient (Wildman–Crippen LogP) is 1.37. The molecule has 0 aliphatic carbocycles. The van der Waals surface area contributed by atoms with E-state index in [9.17, 15) is 9.59 Å². The maximum Gasteiger partial charge on any atom is 0.256 e. The first-order chi connectivity index (χ1) is 9.52. The third-order valence-corrected chi connectivity index (χ3v) is 3.16. The van der Waals surface area contributed by atoms with Crippen LogP contribution >= 0.6 is 0 Å². The van der Waals surface area contributed by atoms with Gasteiger partial charge in [0.2, 0.25) is 5.91 Å². The van der Waals surface area contributed by atoms with Gasteiger partial charge in [-0.3, -0.25) is 9.59 Å². The fourth-order valence-electron chi connectivity index (χ4n) is 2.13. The summed E-state index contributed by atoms with van der Waals surface area (Å²) in [6.07, 6.45) is 0. The second kappa shape index (κ2) is 5.61. The highest BCUT2D eigenvalue weighted by atomic mass is 16.2. The predicted molar refractivity (Wildman–Crippen MR) is 79.1 cm³/mol. The molecule has 4 N–H and O–H groups in total. The molecule has 2 rings (SSSR count). The van der Waals surface area contributed by atoms with E-state index in [1.54, 1.807) is 19.1 Å². The number of carbonyl (C=O) groups excluding carboxylic acids is 2. The van der Waals surface area contributed by atoms with Gasteiger partial charge >= 0.3 is 0 Å². The monoisotopic (exact) mass is 271 g/mol. The Kier molecular flexibility index (Phi) is 3.89. The number of likely N-dealkylation sites (N-methyl/N-ethyl adjacent to an activating group) is 1. The smallest absolute Gasteiger partial charge is 0.256 e. The number of rotatable bonds is 4. The zero-order chi connectivity index (χ0) is 14.7. The molecular weight excluding hydrogens is 254 g/mol. The fraction of sp³-hybridized carbons (Fsp3) is 0.200. The summed E-state index contributed by atoms with van der Waals surface area (Å²) in [6.45, 7) is 2.08. The maximum absolute atomic E-state index is 12.4.